The molecule has 1 saturated heterocycles. The van der Waals surface area contributed by atoms with E-state index in [4.69, 9.17) is 4.74 Å². The Balaban J connectivity index is 1.51. The Morgan fingerprint density at radius 3 is 2.62 bits per heavy atom. The number of hydrogen-bond acceptors (Lipinski definition) is 6. The highest BCUT2D eigenvalue weighted by Gasteiger charge is 2.36. The van der Waals surface area contributed by atoms with Gasteiger partial charge in [-0.05, 0) is 23.6 Å². The van der Waals surface area contributed by atoms with Crippen LogP contribution in [0.3, 0.4) is 0 Å². The molecule has 2 heterocycles. The van der Waals surface area contributed by atoms with Gasteiger partial charge in [-0.2, -0.15) is 0 Å². The molecule has 134 valence electrons. The molecule has 0 saturated carbocycles. The van der Waals surface area contributed by atoms with Crippen molar-refractivity contribution in [3.63, 3.8) is 0 Å². The van der Waals surface area contributed by atoms with E-state index in [1.165, 1.54) is 11.3 Å². The standard InChI is InChI=1S/C18H16N2O5S/c21-14(15-7-4-8-26-15)11-25-18(24)13-9-16(22)20(10-13)19-17(23)12-5-2-1-3-6-12/h1-8,13H,9-11H2,(H,19,23). The number of thiophene rings is 1. The molecule has 1 aromatic carbocycles. The van der Waals surface area contributed by atoms with Crippen molar-refractivity contribution in [2.45, 2.75) is 6.42 Å². The lowest BCUT2D eigenvalue weighted by Crippen LogP contribution is -2.43. The zero-order valence-corrected chi connectivity index (χ0v) is 14.5. The molecule has 1 unspecified atom stereocenters. The number of carbonyl (C=O) groups excluding carboxylic acids is 4. The summed E-state index contributed by atoms with van der Waals surface area (Å²) < 4.78 is 5.02. The number of Topliss-reactive ketones (excluding diaryl/α,β-unsaturated/α-hetero) is 1. The van der Waals surface area contributed by atoms with Crippen LogP contribution in [0.2, 0.25) is 0 Å². The van der Waals surface area contributed by atoms with Gasteiger partial charge < -0.3 is 4.74 Å². The third-order valence-electron chi connectivity index (χ3n) is 3.87. The van der Waals surface area contributed by atoms with Gasteiger partial charge in [0.25, 0.3) is 5.91 Å². The van der Waals surface area contributed by atoms with Gasteiger partial charge in [0.2, 0.25) is 11.7 Å². The maximum Gasteiger partial charge on any atom is 0.311 e. The monoisotopic (exact) mass is 372 g/mol. The number of hydrazine groups is 1. The van der Waals surface area contributed by atoms with Crippen molar-refractivity contribution in [1.82, 2.24) is 10.4 Å². The van der Waals surface area contributed by atoms with Gasteiger partial charge in [-0.3, -0.25) is 29.6 Å². The van der Waals surface area contributed by atoms with Crippen molar-refractivity contribution in [3.05, 3.63) is 58.3 Å². The Morgan fingerprint density at radius 1 is 1.15 bits per heavy atom. The molecule has 2 aromatic rings. The van der Waals surface area contributed by atoms with Crippen LogP contribution in [-0.4, -0.2) is 41.7 Å². The Kier molecular flexibility index (Phi) is 5.43. The van der Waals surface area contributed by atoms with Crippen LogP contribution in [0.5, 0.6) is 0 Å². The van der Waals surface area contributed by atoms with E-state index in [-0.39, 0.29) is 31.3 Å². The number of rotatable bonds is 6. The fraction of sp³-hybridized carbons (Fsp3) is 0.222. The summed E-state index contributed by atoms with van der Waals surface area (Å²) in [7, 11) is 0. The molecule has 2 amide bonds. The maximum absolute atomic E-state index is 12.1. The normalized spacial score (nSPS) is 16.4. The van der Waals surface area contributed by atoms with Gasteiger partial charge in [-0.15, -0.1) is 11.3 Å². The zero-order valence-electron chi connectivity index (χ0n) is 13.7. The topological polar surface area (TPSA) is 92.8 Å². The summed E-state index contributed by atoms with van der Waals surface area (Å²) in [5, 5.41) is 2.88. The molecule has 1 fully saturated rings. The second kappa shape index (κ2) is 7.92. The van der Waals surface area contributed by atoms with Crippen LogP contribution in [0.1, 0.15) is 26.5 Å². The summed E-state index contributed by atoms with van der Waals surface area (Å²) in [6, 6.07) is 11.8. The van der Waals surface area contributed by atoms with Crippen molar-refractivity contribution in [1.29, 1.82) is 0 Å². The molecule has 3 rings (SSSR count). The molecule has 1 atom stereocenters. The van der Waals surface area contributed by atoms with E-state index in [1.54, 1.807) is 47.8 Å². The van der Waals surface area contributed by atoms with Gasteiger partial charge in [0.1, 0.15) is 0 Å². The highest BCUT2D eigenvalue weighted by Crippen LogP contribution is 2.18. The van der Waals surface area contributed by atoms with Crippen LogP contribution >= 0.6 is 11.3 Å². The number of ether oxygens (including phenoxy) is 1. The molecule has 0 spiro atoms. The molecular formula is C18H16N2O5S. The van der Waals surface area contributed by atoms with Crippen molar-refractivity contribution < 1.29 is 23.9 Å². The molecule has 1 aromatic heterocycles. The predicted molar refractivity (Wildman–Crippen MR) is 93.3 cm³/mol. The molecular weight excluding hydrogens is 356 g/mol. The number of hydrogen-bond donors (Lipinski definition) is 1. The molecule has 1 aliphatic rings. The third kappa shape index (κ3) is 4.15. The average molecular weight is 372 g/mol. The number of nitrogens with zero attached hydrogens (tertiary/aromatic N) is 1. The number of amides is 2. The first kappa shape index (κ1) is 17.8. The van der Waals surface area contributed by atoms with Gasteiger partial charge in [0.15, 0.2) is 6.61 Å². The minimum absolute atomic E-state index is 0.0173. The second-order valence-electron chi connectivity index (χ2n) is 5.72. The van der Waals surface area contributed by atoms with Crippen LogP contribution < -0.4 is 5.43 Å². The summed E-state index contributed by atoms with van der Waals surface area (Å²) in [4.78, 5) is 48.6. The Bertz CT molecular complexity index is 819. The maximum atomic E-state index is 12.1. The Hall–Kier alpha value is -3.00. The van der Waals surface area contributed by atoms with Crippen LogP contribution in [-0.2, 0) is 14.3 Å². The molecule has 26 heavy (non-hydrogen) atoms. The Morgan fingerprint density at radius 2 is 1.92 bits per heavy atom. The first-order chi connectivity index (χ1) is 12.5. The van der Waals surface area contributed by atoms with Crippen LogP contribution in [0.4, 0.5) is 0 Å². The molecule has 1 N–H and O–H groups in total. The van der Waals surface area contributed by atoms with Gasteiger partial charge in [-0.25, -0.2) is 0 Å². The van der Waals surface area contributed by atoms with E-state index < -0.39 is 17.8 Å². The fourth-order valence-electron chi connectivity index (χ4n) is 2.51. The average Bonchev–Trinajstić information content (AvgIpc) is 3.31. The highest BCUT2D eigenvalue weighted by molar-refractivity contribution is 7.12. The highest BCUT2D eigenvalue weighted by atomic mass is 32.1. The zero-order chi connectivity index (χ0) is 18.5. The van der Waals surface area contributed by atoms with Crippen molar-refractivity contribution in [3.8, 4) is 0 Å². The summed E-state index contributed by atoms with van der Waals surface area (Å²) in [5.74, 6) is -2.43. The molecule has 1 aliphatic heterocycles. The lowest BCUT2D eigenvalue weighted by atomic mass is 10.1. The number of ketones is 1. The molecule has 8 heteroatoms. The number of esters is 1. The quantitative estimate of drug-likeness (QED) is 0.615. The van der Waals surface area contributed by atoms with Crippen LogP contribution in [0.15, 0.2) is 47.8 Å². The van der Waals surface area contributed by atoms with Gasteiger partial charge in [-0.1, -0.05) is 24.3 Å². The predicted octanol–water partition coefficient (Wildman–Crippen LogP) is 1.67. The van der Waals surface area contributed by atoms with Crippen LogP contribution in [0.25, 0.3) is 0 Å². The number of benzene rings is 1. The smallest absolute Gasteiger partial charge is 0.311 e. The SMILES string of the molecule is O=C(NN1CC(C(=O)OCC(=O)c2cccs2)CC1=O)c1ccccc1. The molecule has 0 radical (unpaired) electrons. The molecule has 0 aliphatic carbocycles. The summed E-state index contributed by atoms with van der Waals surface area (Å²) in [5.41, 5.74) is 2.90. The van der Waals surface area contributed by atoms with E-state index in [1.807, 2.05) is 0 Å². The van der Waals surface area contributed by atoms with E-state index in [2.05, 4.69) is 5.43 Å². The van der Waals surface area contributed by atoms with E-state index in [9.17, 15) is 19.2 Å². The van der Waals surface area contributed by atoms with Crippen LogP contribution in [0, 0.1) is 5.92 Å². The Labute approximate surface area is 153 Å². The lowest BCUT2D eigenvalue weighted by molar-refractivity contribution is -0.147. The molecule has 7 nitrogen and oxygen atoms in total. The largest absolute Gasteiger partial charge is 0.457 e. The van der Waals surface area contributed by atoms with Gasteiger partial charge in [0.05, 0.1) is 17.3 Å². The first-order valence-corrected chi connectivity index (χ1v) is 8.82. The second-order valence-corrected chi connectivity index (χ2v) is 6.67. The van der Waals surface area contributed by atoms with E-state index in [0.29, 0.717) is 10.4 Å². The molecule has 0 bridgehead atoms. The van der Waals surface area contributed by atoms with E-state index in [0.717, 1.165) is 5.01 Å². The van der Waals surface area contributed by atoms with E-state index >= 15 is 0 Å². The van der Waals surface area contributed by atoms with Gasteiger partial charge >= 0.3 is 5.97 Å². The first-order valence-electron chi connectivity index (χ1n) is 7.94. The summed E-state index contributed by atoms with van der Waals surface area (Å²) in [6.45, 7) is -0.343. The number of carbonyl (C=O) groups is 4. The summed E-state index contributed by atoms with van der Waals surface area (Å²) >= 11 is 1.27. The summed E-state index contributed by atoms with van der Waals surface area (Å²) in [6.07, 6.45) is -0.0684. The van der Waals surface area contributed by atoms with Crippen molar-refractivity contribution in [2.24, 2.45) is 5.92 Å². The van der Waals surface area contributed by atoms with Crippen molar-refractivity contribution >= 4 is 34.9 Å². The minimum atomic E-state index is -0.713. The number of nitrogens with one attached hydrogen (secondary N) is 1. The fourth-order valence-corrected chi connectivity index (χ4v) is 3.16. The van der Waals surface area contributed by atoms with Gasteiger partial charge in [0, 0.05) is 12.0 Å². The lowest BCUT2D eigenvalue weighted by Gasteiger charge is -2.17. The van der Waals surface area contributed by atoms with Crippen molar-refractivity contribution in [2.75, 3.05) is 13.2 Å². The minimum Gasteiger partial charge on any atom is -0.457 e. The third-order valence-corrected chi connectivity index (χ3v) is 4.78.